The van der Waals surface area contributed by atoms with Gasteiger partial charge in [-0.2, -0.15) is 0 Å². The van der Waals surface area contributed by atoms with E-state index in [4.69, 9.17) is 4.74 Å². The van der Waals surface area contributed by atoms with E-state index in [0.717, 1.165) is 30.6 Å². The average Bonchev–Trinajstić information content (AvgIpc) is 3.00. The van der Waals surface area contributed by atoms with Gasteiger partial charge in [0.1, 0.15) is 5.75 Å². The van der Waals surface area contributed by atoms with E-state index in [1.165, 1.54) is 37.7 Å². The molecule has 0 heterocycles. The first kappa shape index (κ1) is 16.4. The van der Waals surface area contributed by atoms with E-state index in [-0.39, 0.29) is 0 Å². The van der Waals surface area contributed by atoms with Gasteiger partial charge in [0.05, 0.1) is 7.11 Å². The van der Waals surface area contributed by atoms with Crippen LogP contribution >= 0.6 is 0 Å². The zero-order chi connectivity index (χ0) is 15.1. The Morgan fingerprint density at radius 3 is 2.81 bits per heavy atom. The molecule has 21 heavy (non-hydrogen) atoms. The predicted octanol–water partition coefficient (Wildman–Crippen LogP) is 4.43. The molecule has 0 aromatic heterocycles. The highest BCUT2D eigenvalue weighted by Gasteiger charge is 2.29. The van der Waals surface area contributed by atoms with Crippen LogP contribution in [0, 0.1) is 11.8 Å². The fourth-order valence-corrected chi connectivity index (χ4v) is 3.64. The number of ether oxygens (including phenoxy) is 1. The van der Waals surface area contributed by atoms with Crippen LogP contribution in [-0.4, -0.2) is 19.7 Å². The van der Waals surface area contributed by atoms with Gasteiger partial charge >= 0.3 is 0 Å². The Hall–Kier alpha value is -1.02. The second-order valence-corrected chi connectivity index (χ2v) is 6.46. The Morgan fingerprint density at radius 1 is 1.29 bits per heavy atom. The van der Waals surface area contributed by atoms with E-state index in [0.29, 0.717) is 6.04 Å². The van der Waals surface area contributed by atoms with Crippen LogP contribution in [0.2, 0.25) is 0 Å². The summed E-state index contributed by atoms with van der Waals surface area (Å²) in [6, 6.07) is 9.17. The van der Waals surface area contributed by atoms with Gasteiger partial charge in [-0.1, -0.05) is 38.8 Å². The molecule has 1 fully saturated rings. The fraction of sp³-hybridized carbons (Fsp3) is 0.684. The van der Waals surface area contributed by atoms with Gasteiger partial charge < -0.3 is 10.1 Å². The van der Waals surface area contributed by atoms with Crippen molar-refractivity contribution in [3.63, 3.8) is 0 Å². The van der Waals surface area contributed by atoms with E-state index in [1.54, 1.807) is 7.11 Å². The molecule has 1 aliphatic rings. The van der Waals surface area contributed by atoms with Crippen LogP contribution in [0.1, 0.15) is 51.5 Å². The van der Waals surface area contributed by atoms with Gasteiger partial charge in [-0.3, -0.25) is 0 Å². The molecule has 3 unspecified atom stereocenters. The summed E-state index contributed by atoms with van der Waals surface area (Å²) in [4.78, 5) is 0. The third-order valence-electron chi connectivity index (χ3n) is 4.97. The topological polar surface area (TPSA) is 21.3 Å². The first-order chi connectivity index (χ1) is 10.3. The van der Waals surface area contributed by atoms with Crippen LogP contribution in [0.15, 0.2) is 24.3 Å². The van der Waals surface area contributed by atoms with Crippen molar-refractivity contribution in [1.29, 1.82) is 0 Å². The lowest BCUT2D eigenvalue weighted by Gasteiger charge is -2.25. The molecule has 3 atom stereocenters. The van der Waals surface area contributed by atoms with Gasteiger partial charge in [0, 0.05) is 6.04 Å². The summed E-state index contributed by atoms with van der Waals surface area (Å²) in [5.74, 6) is 2.76. The molecule has 0 aliphatic heterocycles. The summed E-state index contributed by atoms with van der Waals surface area (Å²) in [5.41, 5.74) is 1.39. The summed E-state index contributed by atoms with van der Waals surface area (Å²) in [5, 5.41) is 3.80. The maximum Gasteiger partial charge on any atom is 0.119 e. The monoisotopic (exact) mass is 289 g/mol. The summed E-state index contributed by atoms with van der Waals surface area (Å²) >= 11 is 0. The molecular formula is C19H31NO. The second kappa shape index (κ2) is 8.43. The van der Waals surface area contributed by atoms with Crippen LogP contribution in [0.5, 0.6) is 5.75 Å². The number of benzene rings is 1. The zero-order valence-electron chi connectivity index (χ0n) is 13.9. The summed E-state index contributed by atoms with van der Waals surface area (Å²) in [7, 11) is 1.74. The molecule has 118 valence electrons. The summed E-state index contributed by atoms with van der Waals surface area (Å²) < 4.78 is 5.36. The molecule has 0 saturated heterocycles. The highest BCUT2D eigenvalue weighted by Crippen LogP contribution is 2.36. The molecule has 0 amide bonds. The number of hydrogen-bond acceptors (Lipinski definition) is 2. The molecule has 1 aromatic rings. The molecule has 1 saturated carbocycles. The van der Waals surface area contributed by atoms with Crippen molar-refractivity contribution in [2.24, 2.45) is 11.8 Å². The minimum Gasteiger partial charge on any atom is -0.497 e. The fourth-order valence-electron chi connectivity index (χ4n) is 3.64. The van der Waals surface area contributed by atoms with Crippen molar-refractivity contribution in [3.05, 3.63) is 29.8 Å². The van der Waals surface area contributed by atoms with Gasteiger partial charge in [0.15, 0.2) is 0 Å². The van der Waals surface area contributed by atoms with E-state index < -0.39 is 0 Å². The molecule has 0 spiro atoms. The van der Waals surface area contributed by atoms with Crippen molar-refractivity contribution in [2.45, 2.75) is 58.4 Å². The smallest absolute Gasteiger partial charge is 0.119 e. The molecule has 1 aliphatic carbocycles. The maximum atomic E-state index is 5.36. The Morgan fingerprint density at radius 2 is 2.14 bits per heavy atom. The molecule has 1 aromatic carbocycles. The normalized spacial score (nSPS) is 23.2. The van der Waals surface area contributed by atoms with Crippen molar-refractivity contribution in [3.8, 4) is 5.75 Å². The lowest BCUT2D eigenvalue weighted by atomic mass is 9.90. The van der Waals surface area contributed by atoms with Crippen LogP contribution in [0.25, 0.3) is 0 Å². The molecule has 1 N–H and O–H groups in total. The second-order valence-electron chi connectivity index (χ2n) is 6.46. The van der Waals surface area contributed by atoms with Gasteiger partial charge in [0.2, 0.25) is 0 Å². The van der Waals surface area contributed by atoms with Crippen LogP contribution in [0.4, 0.5) is 0 Å². The van der Waals surface area contributed by atoms with E-state index in [1.807, 2.05) is 6.07 Å². The summed E-state index contributed by atoms with van der Waals surface area (Å²) in [6.45, 7) is 5.71. The highest BCUT2D eigenvalue weighted by molar-refractivity contribution is 5.29. The highest BCUT2D eigenvalue weighted by atomic mass is 16.5. The van der Waals surface area contributed by atoms with E-state index >= 15 is 0 Å². The summed E-state index contributed by atoms with van der Waals surface area (Å²) in [6.07, 6.45) is 7.89. The number of methoxy groups -OCH3 is 1. The van der Waals surface area contributed by atoms with Crippen LogP contribution in [-0.2, 0) is 6.42 Å². The first-order valence-electron chi connectivity index (χ1n) is 8.63. The maximum absolute atomic E-state index is 5.36. The Balaban J connectivity index is 2.01. The van der Waals surface area contributed by atoms with Crippen LogP contribution in [0.3, 0.4) is 0 Å². The minimum absolute atomic E-state index is 0.619. The average molecular weight is 289 g/mol. The standard InChI is InChI=1S/C19H31NO/c1-4-11-20-19(17-10-9-15(5-2)12-17)14-16-7-6-8-18(13-16)21-3/h6-8,13,15,17,19-20H,4-5,9-12,14H2,1-3H3. The van der Waals surface area contributed by atoms with E-state index in [2.05, 4.69) is 37.4 Å². The third-order valence-corrected chi connectivity index (χ3v) is 4.97. The Kier molecular flexibility index (Phi) is 6.56. The molecular weight excluding hydrogens is 258 g/mol. The largest absolute Gasteiger partial charge is 0.497 e. The Bertz CT molecular complexity index is 418. The van der Waals surface area contributed by atoms with Gasteiger partial charge in [-0.15, -0.1) is 0 Å². The van der Waals surface area contributed by atoms with Crippen molar-refractivity contribution in [2.75, 3.05) is 13.7 Å². The SMILES string of the molecule is CCCNC(Cc1cccc(OC)c1)C1CCC(CC)C1. The first-order valence-corrected chi connectivity index (χ1v) is 8.63. The van der Waals surface area contributed by atoms with Gasteiger partial charge in [-0.05, 0) is 61.8 Å². The van der Waals surface area contributed by atoms with Crippen molar-refractivity contribution in [1.82, 2.24) is 5.32 Å². The molecule has 2 rings (SSSR count). The molecule has 2 nitrogen and oxygen atoms in total. The minimum atomic E-state index is 0.619. The van der Waals surface area contributed by atoms with E-state index in [9.17, 15) is 0 Å². The van der Waals surface area contributed by atoms with Gasteiger partial charge in [0.25, 0.3) is 0 Å². The zero-order valence-corrected chi connectivity index (χ0v) is 13.9. The lowest BCUT2D eigenvalue weighted by Crippen LogP contribution is -2.37. The third kappa shape index (κ3) is 4.74. The van der Waals surface area contributed by atoms with Crippen molar-refractivity contribution >= 4 is 0 Å². The van der Waals surface area contributed by atoms with Crippen LogP contribution < -0.4 is 10.1 Å². The molecule has 0 radical (unpaired) electrons. The molecule has 0 bridgehead atoms. The predicted molar refractivity (Wildman–Crippen MR) is 89.9 cm³/mol. The number of hydrogen-bond donors (Lipinski definition) is 1. The van der Waals surface area contributed by atoms with Crippen molar-refractivity contribution < 1.29 is 4.74 Å². The van der Waals surface area contributed by atoms with Gasteiger partial charge in [-0.25, -0.2) is 0 Å². The Labute approximate surface area is 130 Å². The number of nitrogens with one attached hydrogen (secondary N) is 1. The number of rotatable bonds is 8. The lowest BCUT2D eigenvalue weighted by molar-refractivity contribution is 0.343. The molecule has 2 heteroatoms. The quantitative estimate of drug-likeness (QED) is 0.764.